The summed E-state index contributed by atoms with van der Waals surface area (Å²) in [5.74, 6) is 0.0815. The summed E-state index contributed by atoms with van der Waals surface area (Å²) in [6.07, 6.45) is 2.35. The van der Waals surface area contributed by atoms with E-state index in [1.165, 1.54) is 16.7 Å². The summed E-state index contributed by atoms with van der Waals surface area (Å²) < 4.78 is 0. The lowest BCUT2D eigenvalue weighted by Crippen LogP contribution is -2.34. The number of carbonyl (C=O) groups is 1. The molecule has 3 rings (SSSR count). The van der Waals surface area contributed by atoms with Gasteiger partial charge in [0.15, 0.2) is 0 Å². The minimum Gasteiger partial charge on any atom is -0.353 e. The number of benzene rings is 3. The highest BCUT2D eigenvalue weighted by Gasteiger charge is 2.09. The van der Waals surface area contributed by atoms with Crippen LogP contribution in [0.2, 0.25) is 0 Å². The molecule has 3 aromatic carbocycles. The van der Waals surface area contributed by atoms with E-state index in [2.05, 4.69) is 60.8 Å². The van der Waals surface area contributed by atoms with Crippen LogP contribution < -0.4 is 5.32 Å². The summed E-state index contributed by atoms with van der Waals surface area (Å²) in [4.78, 5) is 12.3. The molecule has 0 bridgehead atoms. The highest BCUT2D eigenvalue weighted by Crippen LogP contribution is 2.19. The molecule has 0 unspecified atom stereocenters. The Bertz CT molecular complexity index is 810. The lowest BCUT2D eigenvalue weighted by Gasteiger charge is -2.14. The van der Waals surface area contributed by atoms with Crippen molar-refractivity contribution in [2.24, 2.45) is 0 Å². The van der Waals surface area contributed by atoms with Crippen LogP contribution in [0.3, 0.4) is 0 Å². The van der Waals surface area contributed by atoms with E-state index in [0.717, 1.165) is 18.4 Å². The Morgan fingerprint density at radius 3 is 2.00 bits per heavy atom. The van der Waals surface area contributed by atoms with Gasteiger partial charge in [0.1, 0.15) is 0 Å². The number of hydrogen-bond donors (Lipinski definition) is 1. The molecule has 0 aromatic heterocycles. The molecule has 2 nitrogen and oxygen atoms in total. The quantitative estimate of drug-likeness (QED) is 0.640. The normalized spacial score (nSPS) is 11.7. The Labute approximate surface area is 155 Å². The van der Waals surface area contributed by atoms with Crippen molar-refractivity contribution in [2.45, 2.75) is 32.2 Å². The Kier molecular flexibility index (Phi) is 6.21. The minimum atomic E-state index is 0.0815. The van der Waals surface area contributed by atoms with Gasteiger partial charge in [-0.15, -0.1) is 0 Å². The fourth-order valence-corrected chi connectivity index (χ4v) is 3.06. The van der Waals surface area contributed by atoms with Crippen LogP contribution in [0.15, 0.2) is 84.9 Å². The first-order valence-electron chi connectivity index (χ1n) is 9.18. The Balaban J connectivity index is 1.48. The molecule has 1 amide bonds. The van der Waals surface area contributed by atoms with Gasteiger partial charge in [-0.1, -0.05) is 84.9 Å². The first kappa shape index (κ1) is 17.9. The second-order valence-corrected chi connectivity index (χ2v) is 6.73. The number of aryl methyl sites for hydroxylation is 1. The van der Waals surface area contributed by atoms with Gasteiger partial charge in [0.25, 0.3) is 0 Å². The predicted octanol–water partition coefficient (Wildman–Crippen LogP) is 5.03. The van der Waals surface area contributed by atoms with Crippen LogP contribution in [0.4, 0.5) is 0 Å². The van der Waals surface area contributed by atoms with Crippen LogP contribution in [0.25, 0.3) is 11.1 Å². The van der Waals surface area contributed by atoms with E-state index in [9.17, 15) is 4.79 Å². The van der Waals surface area contributed by atoms with Gasteiger partial charge in [-0.25, -0.2) is 0 Å². The maximum Gasteiger partial charge on any atom is 0.224 e. The molecule has 0 saturated carbocycles. The molecule has 1 atom stereocenters. The molecule has 132 valence electrons. The van der Waals surface area contributed by atoms with Crippen LogP contribution in [0.1, 0.15) is 24.5 Å². The number of hydrogen-bond acceptors (Lipinski definition) is 1. The summed E-state index contributed by atoms with van der Waals surface area (Å²) in [5.41, 5.74) is 4.71. The van der Waals surface area contributed by atoms with Crippen LogP contribution in [-0.2, 0) is 17.6 Å². The van der Waals surface area contributed by atoms with Gasteiger partial charge in [0.2, 0.25) is 5.91 Å². The molecule has 3 aromatic rings. The second-order valence-electron chi connectivity index (χ2n) is 6.73. The lowest BCUT2D eigenvalue weighted by molar-refractivity contribution is -0.121. The van der Waals surface area contributed by atoms with E-state index < -0.39 is 0 Å². The van der Waals surface area contributed by atoms with Crippen molar-refractivity contribution in [3.05, 3.63) is 96.1 Å². The van der Waals surface area contributed by atoms with Crippen molar-refractivity contribution in [3.63, 3.8) is 0 Å². The zero-order valence-electron chi connectivity index (χ0n) is 15.2. The van der Waals surface area contributed by atoms with Gasteiger partial charge >= 0.3 is 0 Å². The zero-order valence-corrected chi connectivity index (χ0v) is 15.2. The molecule has 0 spiro atoms. The molecule has 26 heavy (non-hydrogen) atoms. The maximum atomic E-state index is 12.3. The van der Waals surface area contributed by atoms with Gasteiger partial charge in [-0.05, 0) is 42.0 Å². The standard InChI is InChI=1S/C24H25NO/c1-19(12-13-20-8-4-2-5-9-20)25-24(26)18-21-14-16-23(17-15-21)22-10-6-3-7-11-22/h2-11,14-17,19H,12-13,18H2,1H3,(H,25,26)/t19-/m0/s1. The third kappa shape index (κ3) is 5.32. The van der Waals surface area contributed by atoms with Crippen molar-refractivity contribution in [1.29, 1.82) is 0 Å². The van der Waals surface area contributed by atoms with Gasteiger partial charge < -0.3 is 5.32 Å². The molecule has 0 radical (unpaired) electrons. The first-order chi connectivity index (χ1) is 12.7. The number of amides is 1. The summed E-state index contributed by atoms with van der Waals surface area (Å²) in [6.45, 7) is 2.07. The molecular weight excluding hydrogens is 318 g/mol. The van der Waals surface area contributed by atoms with Crippen molar-refractivity contribution in [1.82, 2.24) is 5.32 Å². The lowest BCUT2D eigenvalue weighted by atomic mass is 10.0. The number of rotatable bonds is 7. The molecule has 0 saturated heterocycles. The Morgan fingerprint density at radius 2 is 1.35 bits per heavy atom. The summed E-state index contributed by atoms with van der Waals surface area (Å²) in [5, 5.41) is 3.11. The Hall–Kier alpha value is -2.87. The van der Waals surface area contributed by atoms with Crippen molar-refractivity contribution in [2.75, 3.05) is 0 Å². The highest BCUT2D eigenvalue weighted by atomic mass is 16.1. The highest BCUT2D eigenvalue weighted by molar-refractivity contribution is 5.79. The first-order valence-corrected chi connectivity index (χ1v) is 9.18. The Morgan fingerprint density at radius 1 is 0.769 bits per heavy atom. The third-order valence-electron chi connectivity index (χ3n) is 4.54. The SMILES string of the molecule is C[C@@H](CCc1ccccc1)NC(=O)Cc1ccc(-c2ccccc2)cc1. The smallest absolute Gasteiger partial charge is 0.224 e. The molecule has 0 aliphatic heterocycles. The molecule has 0 heterocycles. The van der Waals surface area contributed by atoms with E-state index in [1.807, 2.05) is 36.4 Å². The van der Waals surface area contributed by atoms with Gasteiger partial charge in [-0.3, -0.25) is 4.79 Å². The number of carbonyl (C=O) groups excluding carboxylic acids is 1. The molecule has 2 heteroatoms. The van der Waals surface area contributed by atoms with Crippen molar-refractivity contribution >= 4 is 5.91 Å². The number of nitrogens with one attached hydrogen (secondary N) is 1. The van der Waals surface area contributed by atoms with Crippen LogP contribution in [0, 0.1) is 0 Å². The van der Waals surface area contributed by atoms with Crippen molar-refractivity contribution in [3.8, 4) is 11.1 Å². The fraction of sp³-hybridized carbons (Fsp3) is 0.208. The van der Waals surface area contributed by atoms with E-state index in [-0.39, 0.29) is 11.9 Å². The molecule has 0 aliphatic rings. The largest absolute Gasteiger partial charge is 0.353 e. The molecular formula is C24H25NO. The predicted molar refractivity (Wildman–Crippen MR) is 108 cm³/mol. The van der Waals surface area contributed by atoms with Crippen LogP contribution in [0.5, 0.6) is 0 Å². The molecule has 1 N–H and O–H groups in total. The van der Waals surface area contributed by atoms with E-state index in [0.29, 0.717) is 6.42 Å². The monoisotopic (exact) mass is 343 g/mol. The van der Waals surface area contributed by atoms with Gasteiger partial charge in [0, 0.05) is 6.04 Å². The van der Waals surface area contributed by atoms with Gasteiger partial charge in [-0.2, -0.15) is 0 Å². The molecule has 0 aliphatic carbocycles. The minimum absolute atomic E-state index is 0.0815. The summed E-state index contributed by atoms with van der Waals surface area (Å²) in [6, 6.07) is 29.1. The average Bonchev–Trinajstić information content (AvgIpc) is 2.68. The molecule has 0 fully saturated rings. The summed E-state index contributed by atoms with van der Waals surface area (Å²) in [7, 11) is 0. The third-order valence-corrected chi connectivity index (χ3v) is 4.54. The zero-order chi connectivity index (χ0) is 18.2. The topological polar surface area (TPSA) is 29.1 Å². The van der Waals surface area contributed by atoms with E-state index in [1.54, 1.807) is 0 Å². The maximum absolute atomic E-state index is 12.3. The average molecular weight is 343 g/mol. The van der Waals surface area contributed by atoms with Crippen LogP contribution >= 0.6 is 0 Å². The fourth-order valence-electron chi connectivity index (χ4n) is 3.06. The van der Waals surface area contributed by atoms with E-state index >= 15 is 0 Å². The van der Waals surface area contributed by atoms with Gasteiger partial charge in [0.05, 0.1) is 6.42 Å². The van der Waals surface area contributed by atoms with Crippen molar-refractivity contribution < 1.29 is 4.79 Å². The van der Waals surface area contributed by atoms with Crippen LogP contribution in [-0.4, -0.2) is 11.9 Å². The van der Waals surface area contributed by atoms with E-state index in [4.69, 9.17) is 0 Å². The second kappa shape index (κ2) is 9.00. The summed E-state index contributed by atoms with van der Waals surface area (Å²) >= 11 is 0.